The van der Waals surface area contributed by atoms with Gasteiger partial charge in [-0.3, -0.25) is 4.79 Å². The maximum absolute atomic E-state index is 13.4. The maximum atomic E-state index is 13.4. The number of halogens is 2. The predicted molar refractivity (Wildman–Crippen MR) is 91.9 cm³/mol. The number of hydrogen-bond donors (Lipinski definition) is 1. The van der Waals surface area contributed by atoms with E-state index in [1.54, 1.807) is 6.08 Å². The summed E-state index contributed by atoms with van der Waals surface area (Å²) in [5.41, 5.74) is 0.0242. The molecule has 0 saturated carbocycles. The zero-order valence-corrected chi connectivity index (χ0v) is 15.2. The zero-order valence-electron chi connectivity index (χ0n) is 14.4. The van der Waals surface area contributed by atoms with Crippen LogP contribution in [0.2, 0.25) is 5.02 Å². The quantitative estimate of drug-likeness (QED) is 0.667. The minimum Gasteiger partial charge on any atom is -0.400 e. The molecule has 8 heteroatoms. The largest absolute Gasteiger partial charge is 0.492 e. The van der Waals surface area contributed by atoms with Crippen molar-refractivity contribution < 1.29 is 18.5 Å². The average Bonchev–Trinajstić information content (AvgIpc) is 2.66. The van der Waals surface area contributed by atoms with E-state index in [9.17, 15) is 9.18 Å². The van der Waals surface area contributed by atoms with Crippen LogP contribution in [0.3, 0.4) is 0 Å². The second-order valence-corrected chi connectivity index (χ2v) is 7.15. The van der Waals surface area contributed by atoms with Gasteiger partial charge in [-0.2, -0.15) is 4.39 Å². The van der Waals surface area contributed by atoms with E-state index in [-0.39, 0.29) is 12.5 Å². The van der Waals surface area contributed by atoms with Crippen molar-refractivity contribution in [3.8, 4) is 0 Å². The van der Waals surface area contributed by atoms with Crippen LogP contribution in [0.15, 0.2) is 17.7 Å². The Bertz CT molecular complexity index is 663. The Morgan fingerprint density at radius 2 is 1.96 bits per heavy atom. The molecule has 1 fully saturated rings. The Hall–Kier alpha value is -1.44. The van der Waals surface area contributed by atoms with Gasteiger partial charge < -0.3 is 14.6 Å². The number of nitrogens with one attached hydrogen (secondary N) is 1. The fraction of sp³-hybridized carbons (Fsp3) is 0.500. The highest BCUT2D eigenvalue weighted by molar-refractivity contribution is 6.56. The van der Waals surface area contributed by atoms with Crippen molar-refractivity contribution in [2.45, 2.75) is 45.8 Å². The van der Waals surface area contributed by atoms with Crippen LogP contribution >= 0.6 is 11.6 Å². The molecule has 130 valence electrons. The van der Waals surface area contributed by atoms with Crippen molar-refractivity contribution in [1.29, 1.82) is 0 Å². The first-order valence-electron chi connectivity index (χ1n) is 7.63. The van der Waals surface area contributed by atoms with Crippen LogP contribution in [0.4, 0.5) is 4.39 Å². The lowest BCUT2D eigenvalue weighted by atomic mass is 9.77. The van der Waals surface area contributed by atoms with Crippen LogP contribution in [-0.4, -0.2) is 35.8 Å². The lowest BCUT2D eigenvalue weighted by Crippen LogP contribution is -2.41. The molecule has 1 aromatic rings. The number of carbonyl (C=O) groups excluding carboxylic acids is 1. The summed E-state index contributed by atoms with van der Waals surface area (Å²) in [6.45, 7) is 9.35. The molecule has 24 heavy (non-hydrogen) atoms. The summed E-state index contributed by atoms with van der Waals surface area (Å²) in [6, 6.07) is 1.22. The summed E-state index contributed by atoms with van der Waals surface area (Å²) in [6.07, 6.45) is 2.90. The van der Waals surface area contributed by atoms with E-state index in [1.165, 1.54) is 19.2 Å². The summed E-state index contributed by atoms with van der Waals surface area (Å²) in [5, 5.41) is 3.01. The number of carbonyl (C=O) groups is 1. The highest BCUT2D eigenvalue weighted by Crippen LogP contribution is 2.39. The normalized spacial score (nSPS) is 19.5. The van der Waals surface area contributed by atoms with Crippen molar-refractivity contribution in [2.24, 2.45) is 0 Å². The van der Waals surface area contributed by atoms with Crippen LogP contribution in [0.1, 0.15) is 40.2 Å². The molecule has 1 N–H and O–H groups in total. The lowest BCUT2D eigenvalue weighted by Gasteiger charge is -2.32. The molecule has 0 atom stereocenters. The molecule has 0 aliphatic carbocycles. The van der Waals surface area contributed by atoms with Crippen molar-refractivity contribution in [2.75, 3.05) is 6.54 Å². The molecule has 1 aromatic heterocycles. The molecule has 0 spiro atoms. The average molecular weight is 355 g/mol. The van der Waals surface area contributed by atoms with E-state index >= 15 is 0 Å². The van der Waals surface area contributed by atoms with Gasteiger partial charge in [0.05, 0.1) is 16.2 Å². The third-order valence-corrected chi connectivity index (χ3v) is 4.61. The van der Waals surface area contributed by atoms with Crippen molar-refractivity contribution in [1.82, 2.24) is 10.3 Å². The third kappa shape index (κ3) is 4.15. The van der Waals surface area contributed by atoms with Gasteiger partial charge in [0.15, 0.2) is 0 Å². The molecule has 1 amide bonds. The smallest absolute Gasteiger partial charge is 0.400 e. The first kappa shape index (κ1) is 18.9. The number of hydrogen-bond acceptors (Lipinski definition) is 4. The Balaban J connectivity index is 2.37. The SMILES string of the molecule is CC(=O)NCC(=Cc1cc(F)ncc1Cl)B1OC(C)(C)C(C)(C)O1. The molecule has 0 unspecified atom stereocenters. The standard InChI is InChI=1S/C16H21BClFN2O3/c1-10(22)20-8-12(6-11-7-14(19)21-9-13(11)18)17-23-15(2,3)16(4,5)24-17/h6-7,9H,8H2,1-5H3,(H,20,22). The number of pyridine rings is 1. The monoisotopic (exact) mass is 354 g/mol. The van der Waals surface area contributed by atoms with Gasteiger partial charge in [0, 0.05) is 25.7 Å². The Labute approximate surface area is 146 Å². The molecular formula is C16H21BClFN2O3. The number of nitrogens with zero attached hydrogens (tertiary/aromatic N) is 1. The van der Waals surface area contributed by atoms with Crippen LogP contribution in [0, 0.1) is 5.95 Å². The van der Waals surface area contributed by atoms with Gasteiger partial charge in [-0.15, -0.1) is 0 Å². The van der Waals surface area contributed by atoms with E-state index in [2.05, 4.69) is 10.3 Å². The molecule has 0 aromatic carbocycles. The first-order valence-corrected chi connectivity index (χ1v) is 8.01. The van der Waals surface area contributed by atoms with E-state index in [4.69, 9.17) is 20.9 Å². The van der Waals surface area contributed by atoms with Gasteiger partial charge in [0.1, 0.15) is 0 Å². The van der Waals surface area contributed by atoms with Gasteiger partial charge in [0.25, 0.3) is 0 Å². The lowest BCUT2D eigenvalue weighted by molar-refractivity contribution is -0.118. The highest BCUT2D eigenvalue weighted by Gasteiger charge is 2.52. The second-order valence-electron chi connectivity index (χ2n) is 6.75. The van der Waals surface area contributed by atoms with Crippen molar-refractivity contribution in [3.63, 3.8) is 0 Å². The van der Waals surface area contributed by atoms with Crippen LogP contribution in [0.25, 0.3) is 6.08 Å². The van der Waals surface area contributed by atoms with E-state index < -0.39 is 24.3 Å². The summed E-state index contributed by atoms with van der Waals surface area (Å²) in [4.78, 5) is 14.8. The van der Waals surface area contributed by atoms with Crippen molar-refractivity contribution in [3.05, 3.63) is 34.3 Å². The molecular weight excluding hydrogens is 333 g/mol. The summed E-state index contributed by atoms with van der Waals surface area (Å²) in [7, 11) is -0.672. The Morgan fingerprint density at radius 3 is 2.50 bits per heavy atom. The first-order chi connectivity index (χ1) is 11.0. The van der Waals surface area contributed by atoms with E-state index in [0.29, 0.717) is 16.1 Å². The summed E-state index contributed by atoms with van der Waals surface area (Å²) in [5.74, 6) is -0.831. The van der Waals surface area contributed by atoms with Crippen LogP contribution in [-0.2, 0) is 14.1 Å². The molecule has 5 nitrogen and oxygen atoms in total. The molecule has 1 aliphatic rings. The van der Waals surface area contributed by atoms with E-state index in [1.807, 2.05) is 27.7 Å². The van der Waals surface area contributed by atoms with Crippen LogP contribution < -0.4 is 5.32 Å². The molecule has 2 heterocycles. The predicted octanol–water partition coefficient (Wildman–Crippen LogP) is 3.03. The Kier molecular flexibility index (Phi) is 5.37. The third-order valence-electron chi connectivity index (χ3n) is 4.29. The molecule has 1 aliphatic heterocycles. The van der Waals surface area contributed by atoms with Gasteiger partial charge in [0.2, 0.25) is 11.9 Å². The van der Waals surface area contributed by atoms with Gasteiger partial charge in [-0.05, 0) is 38.7 Å². The minimum absolute atomic E-state index is 0.190. The number of aromatic nitrogens is 1. The molecule has 0 bridgehead atoms. The number of amides is 1. The fourth-order valence-corrected chi connectivity index (χ4v) is 2.32. The maximum Gasteiger partial charge on any atom is 0.492 e. The molecule has 1 saturated heterocycles. The topological polar surface area (TPSA) is 60.5 Å². The van der Waals surface area contributed by atoms with Gasteiger partial charge in [-0.1, -0.05) is 17.7 Å². The summed E-state index contributed by atoms with van der Waals surface area (Å²) < 4.78 is 25.4. The summed E-state index contributed by atoms with van der Waals surface area (Å²) >= 11 is 6.08. The van der Waals surface area contributed by atoms with Gasteiger partial charge >= 0.3 is 7.12 Å². The van der Waals surface area contributed by atoms with Crippen LogP contribution in [0.5, 0.6) is 0 Å². The molecule has 2 rings (SSSR count). The Morgan fingerprint density at radius 1 is 1.38 bits per heavy atom. The van der Waals surface area contributed by atoms with Gasteiger partial charge in [-0.25, -0.2) is 4.98 Å². The number of rotatable bonds is 4. The second kappa shape index (κ2) is 6.82. The van der Waals surface area contributed by atoms with Crippen molar-refractivity contribution >= 4 is 30.7 Å². The van der Waals surface area contributed by atoms with E-state index in [0.717, 1.165) is 0 Å². The molecule has 0 radical (unpaired) electrons. The highest BCUT2D eigenvalue weighted by atomic mass is 35.5. The zero-order chi connectivity index (χ0) is 18.1. The minimum atomic E-state index is -0.672. The fourth-order valence-electron chi connectivity index (χ4n) is 2.16.